The van der Waals surface area contributed by atoms with Crippen molar-refractivity contribution >= 4 is 17.8 Å². The topological polar surface area (TPSA) is 84.9 Å². The standard InChI is InChI=1S/C50H96N2O5/c1-6-10-14-16-20-26-35-48(36-27-21-17-15-11-7-2)57-49(45-53)37-28-22-18-24-30-41-52(43-32-40-51-46(5)54)42-31-25-19-23-29-38-50(55)56-44-39-47(33-12-8-3)34-13-9-4/h47-48H,6-44H2,1-5H3,(H,51,54). The van der Waals surface area contributed by atoms with Crippen LogP contribution in [0.25, 0.3) is 0 Å². The smallest absolute Gasteiger partial charge is 0.305 e. The van der Waals surface area contributed by atoms with Crippen LogP contribution in [0.15, 0.2) is 5.76 Å². The van der Waals surface area contributed by atoms with Gasteiger partial charge in [-0.2, -0.15) is 0 Å². The van der Waals surface area contributed by atoms with Gasteiger partial charge >= 0.3 is 5.97 Å². The molecule has 0 aromatic heterocycles. The maximum Gasteiger partial charge on any atom is 0.305 e. The van der Waals surface area contributed by atoms with Crippen LogP contribution in [-0.2, 0) is 23.9 Å². The first-order valence-corrected chi connectivity index (χ1v) is 24.9. The molecule has 0 rings (SSSR count). The van der Waals surface area contributed by atoms with Gasteiger partial charge in [0, 0.05) is 26.3 Å². The van der Waals surface area contributed by atoms with E-state index in [1.165, 1.54) is 148 Å². The van der Waals surface area contributed by atoms with E-state index in [-0.39, 0.29) is 18.0 Å². The van der Waals surface area contributed by atoms with Gasteiger partial charge in [0.25, 0.3) is 0 Å². The maximum absolute atomic E-state index is 12.3. The van der Waals surface area contributed by atoms with Crippen molar-refractivity contribution < 1.29 is 23.9 Å². The molecule has 0 saturated heterocycles. The van der Waals surface area contributed by atoms with Gasteiger partial charge in [-0.3, -0.25) is 9.59 Å². The fourth-order valence-electron chi connectivity index (χ4n) is 7.92. The fourth-order valence-corrected chi connectivity index (χ4v) is 7.92. The summed E-state index contributed by atoms with van der Waals surface area (Å²) < 4.78 is 11.9. The number of rotatable bonds is 45. The number of carbonyl (C=O) groups excluding carboxylic acids is 3. The van der Waals surface area contributed by atoms with Gasteiger partial charge in [0.2, 0.25) is 5.91 Å². The van der Waals surface area contributed by atoms with Gasteiger partial charge in [-0.15, -0.1) is 0 Å². The van der Waals surface area contributed by atoms with Crippen molar-refractivity contribution in [2.24, 2.45) is 5.92 Å². The van der Waals surface area contributed by atoms with Crippen LogP contribution in [-0.4, -0.2) is 61.6 Å². The monoisotopic (exact) mass is 805 g/mol. The Hall–Kier alpha value is -1.85. The molecule has 0 aromatic rings. The third-order valence-electron chi connectivity index (χ3n) is 11.7. The maximum atomic E-state index is 12.3. The van der Waals surface area contributed by atoms with E-state index < -0.39 is 0 Å². The van der Waals surface area contributed by atoms with Gasteiger partial charge in [0.05, 0.1) is 12.7 Å². The summed E-state index contributed by atoms with van der Waals surface area (Å²) in [6.07, 6.45) is 39.6. The van der Waals surface area contributed by atoms with Gasteiger partial charge in [-0.1, -0.05) is 169 Å². The third kappa shape index (κ3) is 39.4. The zero-order valence-electron chi connectivity index (χ0n) is 38.7. The number of ether oxygens (including phenoxy) is 2. The third-order valence-corrected chi connectivity index (χ3v) is 11.7. The summed E-state index contributed by atoms with van der Waals surface area (Å²) in [5.41, 5.74) is 0. The molecule has 57 heavy (non-hydrogen) atoms. The Labute approximate surface area is 354 Å². The van der Waals surface area contributed by atoms with Crippen LogP contribution in [0.4, 0.5) is 0 Å². The largest absolute Gasteiger partial charge is 0.483 e. The summed E-state index contributed by atoms with van der Waals surface area (Å²) in [4.78, 5) is 38.1. The van der Waals surface area contributed by atoms with E-state index in [1.807, 2.05) is 0 Å². The number of carbonyl (C=O) groups is 2. The van der Waals surface area contributed by atoms with Crippen LogP contribution in [0.5, 0.6) is 0 Å². The van der Waals surface area contributed by atoms with Crippen LogP contribution in [0, 0.1) is 5.92 Å². The molecule has 0 aromatic carbocycles. The Morgan fingerprint density at radius 3 is 1.49 bits per heavy atom. The predicted octanol–water partition coefficient (Wildman–Crippen LogP) is 14.0. The van der Waals surface area contributed by atoms with E-state index >= 15 is 0 Å². The van der Waals surface area contributed by atoms with Crippen molar-refractivity contribution in [2.75, 3.05) is 32.8 Å². The molecule has 0 atom stereocenters. The first-order valence-electron chi connectivity index (χ1n) is 24.9. The lowest BCUT2D eigenvalue weighted by molar-refractivity contribution is -0.144. The Bertz CT molecular complexity index is 912. The lowest BCUT2D eigenvalue weighted by atomic mass is 9.93. The van der Waals surface area contributed by atoms with Crippen LogP contribution in [0.1, 0.15) is 253 Å². The molecule has 1 N–H and O–H groups in total. The molecule has 0 aliphatic carbocycles. The molecule has 1 amide bonds. The number of hydrogen-bond acceptors (Lipinski definition) is 6. The minimum Gasteiger partial charge on any atom is -0.483 e. The molecule has 336 valence electrons. The zero-order chi connectivity index (χ0) is 41.9. The molecule has 0 heterocycles. The highest BCUT2D eigenvalue weighted by Crippen LogP contribution is 2.22. The molecule has 0 saturated carbocycles. The minimum absolute atomic E-state index is 0.0229. The van der Waals surface area contributed by atoms with Crippen molar-refractivity contribution in [3.8, 4) is 0 Å². The Balaban J connectivity index is 4.43. The molecule has 0 unspecified atom stereocenters. The molecule has 7 nitrogen and oxygen atoms in total. The van der Waals surface area contributed by atoms with Crippen molar-refractivity contribution in [3.05, 3.63) is 5.76 Å². The summed E-state index contributed by atoms with van der Waals surface area (Å²) in [5.74, 6) is 3.43. The number of unbranched alkanes of at least 4 members (excludes halogenated alkanes) is 20. The molecule has 7 heteroatoms. The zero-order valence-corrected chi connectivity index (χ0v) is 38.7. The molecule has 0 bridgehead atoms. The highest BCUT2D eigenvalue weighted by Gasteiger charge is 2.14. The number of allylic oxidation sites excluding steroid dienone is 1. The van der Waals surface area contributed by atoms with E-state index in [9.17, 15) is 14.4 Å². The fraction of sp³-hybridized carbons (Fsp3) is 0.920. The van der Waals surface area contributed by atoms with Crippen LogP contribution < -0.4 is 5.32 Å². The number of amides is 1. The quantitative estimate of drug-likeness (QED) is 0.0286. The Morgan fingerprint density at radius 2 is 0.982 bits per heavy atom. The number of esters is 1. The summed E-state index contributed by atoms with van der Waals surface area (Å²) in [6, 6.07) is 0. The van der Waals surface area contributed by atoms with Crippen LogP contribution >= 0.6 is 0 Å². The molecule has 0 fully saturated rings. The van der Waals surface area contributed by atoms with E-state index in [1.54, 1.807) is 6.92 Å². The second-order valence-electron chi connectivity index (χ2n) is 17.3. The summed E-state index contributed by atoms with van der Waals surface area (Å²) in [5, 5.41) is 2.95. The average molecular weight is 805 g/mol. The van der Waals surface area contributed by atoms with Crippen LogP contribution in [0.2, 0.25) is 0 Å². The second-order valence-corrected chi connectivity index (χ2v) is 17.3. The molecule has 0 radical (unpaired) electrons. The van der Waals surface area contributed by atoms with Crippen molar-refractivity contribution in [2.45, 2.75) is 259 Å². The van der Waals surface area contributed by atoms with Gasteiger partial charge in [-0.25, -0.2) is 4.79 Å². The molecular formula is C50H96N2O5. The number of hydrogen-bond donors (Lipinski definition) is 1. The molecule has 0 spiro atoms. The predicted molar refractivity (Wildman–Crippen MR) is 243 cm³/mol. The Kier molecular flexibility index (Phi) is 42.3. The first-order chi connectivity index (χ1) is 27.9. The van der Waals surface area contributed by atoms with Gasteiger partial charge in [0.15, 0.2) is 11.7 Å². The molecular weight excluding hydrogens is 709 g/mol. The number of nitrogens with zero attached hydrogens (tertiary/aromatic N) is 1. The van der Waals surface area contributed by atoms with Crippen molar-refractivity contribution in [1.82, 2.24) is 10.2 Å². The van der Waals surface area contributed by atoms with Gasteiger partial charge in [0.1, 0.15) is 0 Å². The normalized spacial score (nSPS) is 11.4. The van der Waals surface area contributed by atoms with E-state index in [0.29, 0.717) is 31.1 Å². The highest BCUT2D eigenvalue weighted by atomic mass is 16.5. The highest BCUT2D eigenvalue weighted by molar-refractivity contribution is 5.72. The lowest BCUT2D eigenvalue weighted by Crippen LogP contribution is -2.30. The van der Waals surface area contributed by atoms with Gasteiger partial charge in [-0.05, 0) is 89.8 Å². The van der Waals surface area contributed by atoms with Crippen molar-refractivity contribution in [1.29, 1.82) is 0 Å². The van der Waals surface area contributed by atoms with E-state index in [2.05, 4.69) is 43.9 Å². The molecule has 0 aliphatic heterocycles. The van der Waals surface area contributed by atoms with Gasteiger partial charge < -0.3 is 19.7 Å². The molecule has 0 aliphatic rings. The number of nitrogens with one attached hydrogen (secondary N) is 1. The summed E-state index contributed by atoms with van der Waals surface area (Å²) in [7, 11) is 0. The SMILES string of the molecule is CCCCCCCCC(CCCCCCCC)OC(=C=O)CCCCCCCN(CCCCCCCC(=O)OCCC(CCCC)CCCC)CCCNC(C)=O. The lowest BCUT2D eigenvalue weighted by Gasteiger charge is -2.22. The van der Waals surface area contributed by atoms with Crippen LogP contribution in [0.3, 0.4) is 0 Å². The Morgan fingerprint density at radius 1 is 0.526 bits per heavy atom. The first kappa shape index (κ1) is 55.2. The minimum atomic E-state index is -0.0229. The summed E-state index contributed by atoms with van der Waals surface area (Å²) >= 11 is 0. The summed E-state index contributed by atoms with van der Waals surface area (Å²) in [6.45, 7) is 15.1. The van der Waals surface area contributed by atoms with E-state index in [4.69, 9.17) is 9.47 Å². The van der Waals surface area contributed by atoms with Crippen molar-refractivity contribution in [3.63, 3.8) is 0 Å². The average Bonchev–Trinajstić information content (AvgIpc) is 3.20. The second kappa shape index (κ2) is 43.7. The van der Waals surface area contributed by atoms with E-state index in [0.717, 1.165) is 84.0 Å².